The van der Waals surface area contributed by atoms with Crippen molar-refractivity contribution in [3.63, 3.8) is 0 Å². The lowest BCUT2D eigenvalue weighted by atomic mass is 9.96. The van der Waals surface area contributed by atoms with Crippen molar-refractivity contribution in [2.45, 2.75) is 12.1 Å². The maximum absolute atomic E-state index is 10.4. The molecule has 4 rings (SSSR count). The number of hydrogen-bond acceptors (Lipinski definition) is 6. The highest BCUT2D eigenvalue weighted by molar-refractivity contribution is 5.46. The zero-order chi connectivity index (χ0) is 23.9. The van der Waals surface area contributed by atoms with Gasteiger partial charge in [0.25, 0.3) is 0 Å². The van der Waals surface area contributed by atoms with Crippen LogP contribution >= 0.6 is 0 Å². The number of para-hydroxylation sites is 4. The molecule has 0 aliphatic heterocycles. The quantitative estimate of drug-likeness (QED) is 0.206. The van der Waals surface area contributed by atoms with E-state index in [2.05, 4.69) is 10.6 Å². The van der Waals surface area contributed by atoms with Crippen LogP contribution in [0, 0.1) is 0 Å². The SMILES string of the molecule is Oc1ccccc1C(NCCNC(c1ccccc1O)c1ccccc1O)c1ccccc1O. The summed E-state index contributed by atoms with van der Waals surface area (Å²) in [5.74, 6) is 0.546. The van der Waals surface area contributed by atoms with Crippen molar-refractivity contribution in [1.29, 1.82) is 0 Å². The van der Waals surface area contributed by atoms with E-state index in [4.69, 9.17) is 0 Å². The molecule has 0 aliphatic carbocycles. The fraction of sp³-hybridized carbons (Fsp3) is 0.143. The van der Waals surface area contributed by atoms with Crippen LogP contribution < -0.4 is 10.6 Å². The fourth-order valence-electron chi connectivity index (χ4n) is 4.13. The molecule has 0 bridgehead atoms. The summed E-state index contributed by atoms with van der Waals surface area (Å²) >= 11 is 0. The van der Waals surface area contributed by atoms with Crippen LogP contribution in [0.15, 0.2) is 97.1 Å². The first-order valence-corrected chi connectivity index (χ1v) is 11.1. The molecular weight excluding hydrogens is 428 g/mol. The third-order valence-electron chi connectivity index (χ3n) is 5.81. The first-order chi connectivity index (χ1) is 16.6. The van der Waals surface area contributed by atoms with E-state index in [0.29, 0.717) is 35.3 Å². The van der Waals surface area contributed by atoms with Gasteiger partial charge in [0.1, 0.15) is 23.0 Å². The molecule has 0 radical (unpaired) electrons. The molecule has 0 aliphatic rings. The number of hydrogen-bond donors (Lipinski definition) is 6. The van der Waals surface area contributed by atoms with Crippen LogP contribution in [0.2, 0.25) is 0 Å². The molecule has 6 nitrogen and oxygen atoms in total. The monoisotopic (exact) mass is 456 g/mol. The second kappa shape index (κ2) is 10.7. The van der Waals surface area contributed by atoms with Gasteiger partial charge in [0.2, 0.25) is 0 Å². The molecule has 0 saturated carbocycles. The van der Waals surface area contributed by atoms with Crippen LogP contribution in [0.4, 0.5) is 0 Å². The van der Waals surface area contributed by atoms with Crippen molar-refractivity contribution in [2.75, 3.05) is 13.1 Å². The molecule has 0 aromatic heterocycles. The molecule has 174 valence electrons. The second-order valence-corrected chi connectivity index (χ2v) is 8.01. The van der Waals surface area contributed by atoms with Crippen LogP contribution in [-0.2, 0) is 0 Å². The molecule has 0 fully saturated rings. The molecule has 0 saturated heterocycles. The van der Waals surface area contributed by atoms with Crippen molar-refractivity contribution >= 4 is 0 Å². The predicted molar refractivity (Wildman–Crippen MR) is 132 cm³/mol. The van der Waals surface area contributed by atoms with Crippen molar-refractivity contribution in [3.8, 4) is 23.0 Å². The highest BCUT2D eigenvalue weighted by atomic mass is 16.3. The van der Waals surface area contributed by atoms with E-state index in [0.717, 1.165) is 0 Å². The minimum absolute atomic E-state index is 0.137. The van der Waals surface area contributed by atoms with Crippen molar-refractivity contribution in [3.05, 3.63) is 119 Å². The van der Waals surface area contributed by atoms with Gasteiger partial charge in [0.05, 0.1) is 12.1 Å². The number of nitrogens with one attached hydrogen (secondary N) is 2. The third-order valence-corrected chi connectivity index (χ3v) is 5.81. The summed E-state index contributed by atoms with van der Waals surface area (Å²) < 4.78 is 0. The predicted octanol–water partition coefficient (Wildman–Crippen LogP) is 4.57. The van der Waals surface area contributed by atoms with E-state index in [1.807, 2.05) is 48.5 Å². The normalized spacial score (nSPS) is 11.2. The van der Waals surface area contributed by atoms with E-state index >= 15 is 0 Å². The highest BCUT2D eigenvalue weighted by Crippen LogP contribution is 2.35. The summed E-state index contributed by atoms with van der Waals surface area (Å²) in [7, 11) is 0. The summed E-state index contributed by atoms with van der Waals surface area (Å²) in [5, 5.41) is 48.6. The zero-order valence-corrected chi connectivity index (χ0v) is 18.6. The standard InChI is InChI=1S/C28H28N2O4/c31-23-13-5-1-9-19(23)27(20-10-2-6-14-24(20)32)29-17-18-30-28(21-11-3-7-15-25(21)33)22-12-4-8-16-26(22)34/h1-16,27-34H,17-18H2. The molecule has 6 heteroatoms. The Labute approximate surface area is 198 Å². The van der Waals surface area contributed by atoms with Gasteiger partial charge in [-0.1, -0.05) is 72.8 Å². The smallest absolute Gasteiger partial charge is 0.120 e. The van der Waals surface area contributed by atoms with E-state index in [-0.39, 0.29) is 23.0 Å². The van der Waals surface area contributed by atoms with Crippen LogP contribution in [0.3, 0.4) is 0 Å². The molecule has 0 atom stereocenters. The van der Waals surface area contributed by atoms with Crippen LogP contribution in [0.5, 0.6) is 23.0 Å². The Balaban J connectivity index is 1.55. The summed E-state index contributed by atoms with van der Waals surface area (Å²) in [6, 6.07) is 27.3. The second-order valence-electron chi connectivity index (χ2n) is 8.01. The molecule has 0 heterocycles. The Hall–Kier alpha value is -4.00. The highest BCUT2D eigenvalue weighted by Gasteiger charge is 2.22. The maximum atomic E-state index is 10.4. The first-order valence-electron chi connectivity index (χ1n) is 11.1. The number of phenols is 4. The van der Waals surface area contributed by atoms with Gasteiger partial charge in [0, 0.05) is 35.3 Å². The van der Waals surface area contributed by atoms with E-state index < -0.39 is 12.1 Å². The van der Waals surface area contributed by atoms with E-state index in [9.17, 15) is 20.4 Å². The summed E-state index contributed by atoms with van der Waals surface area (Å²) in [5.41, 5.74) is 2.62. The molecule has 34 heavy (non-hydrogen) atoms. The number of aromatic hydroxyl groups is 4. The van der Waals surface area contributed by atoms with Crippen molar-refractivity contribution in [2.24, 2.45) is 0 Å². The Kier molecular flexibility index (Phi) is 7.32. The Morgan fingerprint density at radius 3 is 0.882 bits per heavy atom. The van der Waals surface area contributed by atoms with Gasteiger partial charge in [-0.15, -0.1) is 0 Å². The average molecular weight is 457 g/mol. The Morgan fingerprint density at radius 1 is 0.412 bits per heavy atom. The van der Waals surface area contributed by atoms with E-state index in [1.54, 1.807) is 48.5 Å². The van der Waals surface area contributed by atoms with Gasteiger partial charge >= 0.3 is 0 Å². The summed E-state index contributed by atoms with van der Waals surface area (Å²) in [6.07, 6.45) is 0. The van der Waals surface area contributed by atoms with Crippen LogP contribution in [0.1, 0.15) is 34.3 Å². The zero-order valence-electron chi connectivity index (χ0n) is 18.6. The largest absolute Gasteiger partial charge is 0.508 e. The lowest BCUT2D eigenvalue weighted by Crippen LogP contribution is -2.33. The molecular formula is C28H28N2O4. The molecule has 4 aromatic rings. The Bertz CT molecular complexity index is 1060. The average Bonchev–Trinajstić information content (AvgIpc) is 2.84. The maximum Gasteiger partial charge on any atom is 0.120 e. The van der Waals surface area contributed by atoms with E-state index in [1.165, 1.54) is 0 Å². The number of rotatable bonds is 9. The van der Waals surface area contributed by atoms with Crippen molar-refractivity contribution < 1.29 is 20.4 Å². The molecule has 0 spiro atoms. The summed E-state index contributed by atoms with van der Waals surface area (Å²) in [4.78, 5) is 0. The number of benzene rings is 4. The van der Waals surface area contributed by atoms with Crippen molar-refractivity contribution in [1.82, 2.24) is 10.6 Å². The lowest BCUT2D eigenvalue weighted by Gasteiger charge is -2.24. The Morgan fingerprint density at radius 2 is 0.647 bits per heavy atom. The fourth-order valence-corrected chi connectivity index (χ4v) is 4.13. The van der Waals surface area contributed by atoms with Gasteiger partial charge in [0.15, 0.2) is 0 Å². The van der Waals surface area contributed by atoms with Gasteiger partial charge in [-0.2, -0.15) is 0 Å². The van der Waals surface area contributed by atoms with Gasteiger partial charge in [-0.3, -0.25) is 0 Å². The molecule has 6 N–H and O–H groups in total. The minimum atomic E-state index is -0.432. The third kappa shape index (κ3) is 5.14. The van der Waals surface area contributed by atoms with Gasteiger partial charge in [-0.05, 0) is 24.3 Å². The number of phenolic OH excluding ortho intramolecular Hbond substituents is 4. The molecule has 0 amide bonds. The summed E-state index contributed by atoms with van der Waals surface area (Å²) in [6.45, 7) is 0.954. The topological polar surface area (TPSA) is 105 Å². The molecule has 4 aromatic carbocycles. The van der Waals surface area contributed by atoms with Gasteiger partial charge in [-0.25, -0.2) is 0 Å². The van der Waals surface area contributed by atoms with Crippen LogP contribution in [-0.4, -0.2) is 33.5 Å². The first kappa shape index (κ1) is 23.2. The lowest BCUT2D eigenvalue weighted by molar-refractivity contribution is 0.431. The molecule has 0 unspecified atom stereocenters. The van der Waals surface area contributed by atoms with Gasteiger partial charge < -0.3 is 31.1 Å². The minimum Gasteiger partial charge on any atom is -0.508 e. The van der Waals surface area contributed by atoms with Crippen LogP contribution in [0.25, 0.3) is 0 Å².